The highest BCUT2D eigenvalue weighted by atomic mass is 79.9. The van der Waals surface area contributed by atoms with Gasteiger partial charge in [0.1, 0.15) is 11.6 Å². The molecule has 0 fully saturated rings. The first-order valence-electron chi connectivity index (χ1n) is 12.8. The Bertz CT molecular complexity index is 1630. The second-order valence-electron chi connectivity index (χ2n) is 9.89. The van der Waals surface area contributed by atoms with E-state index in [0.717, 1.165) is 38.5 Å². The fraction of sp³-hybridized carbons (Fsp3) is 0.226. The quantitative estimate of drug-likeness (QED) is 0.273. The van der Waals surface area contributed by atoms with Gasteiger partial charge in [0, 0.05) is 39.2 Å². The van der Waals surface area contributed by atoms with E-state index in [0.29, 0.717) is 35.5 Å². The SMILES string of the molecule is COc1ccc([C@H]2CC(=O)C3=C(C2)Nc2c(c(C)nn2-c2ccccc2)[C@@H]3c2cc(Br)ccc2O)cc1OC. The molecular weight excluding hydrogens is 558 g/mol. The number of ether oxygens (including phenoxy) is 2. The number of carbonyl (C=O) groups is 1. The number of ketones is 1. The number of nitrogens with one attached hydrogen (secondary N) is 1. The highest BCUT2D eigenvalue weighted by Crippen LogP contribution is 2.51. The summed E-state index contributed by atoms with van der Waals surface area (Å²) in [7, 11) is 3.22. The van der Waals surface area contributed by atoms with E-state index in [-0.39, 0.29) is 17.5 Å². The molecule has 2 heterocycles. The predicted octanol–water partition coefficient (Wildman–Crippen LogP) is 6.62. The number of nitrogens with zero attached hydrogens (tertiary/aromatic N) is 2. The number of methoxy groups -OCH3 is 2. The van der Waals surface area contributed by atoms with E-state index in [1.807, 2.05) is 66.2 Å². The monoisotopic (exact) mass is 585 g/mol. The third-order valence-corrected chi connectivity index (χ3v) is 8.13. The van der Waals surface area contributed by atoms with Gasteiger partial charge in [0.2, 0.25) is 0 Å². The first-order valence-corrected chi connectivity index (χ1v) is 13.6. The summed E-state index contributed by atoms with van der Waals surface area (Å²) in [5.74, 6) is 1.78. The van der Waals surface area contributed by atoms with Crippen LogP contribution in [0.15, 0.2) is 82.5 Å². The Balaban J connectivity index is 1.52. The van der Waals surface area contributed by atoms with Crippen molar-refractivity contribution >= 4 is 27.5 Å². The summed E-state index contributed by atoms with van der Waals surface area (Å²) < 4.78 is 13.7. The van der Waals surface area contributed by atoms with Crippen molar-refractivity contribution in [3.05, 3.63) is 105 Å². The molecular formula is C31H28BrN3O4. The fourth-order valence-corrected chi connectivity index (χ4v) is 6.22. The Hall–Kier alpha value is -4.04. The Labute approximate surface area is 235 Å². The Morgan fingerprint density at radius 3 is 2.51 bits per heavy atom. The first kappa shape index (κ1) is 25.2. The maximum absolute atomic E-state index is 14.0. The maximum atomic E-state index is 14.0. The van der Waals surface area contributed by atoms with E-state index in [1.165, 1.54) is 0 Å². The molecule has 198 valence electrons. The fourth-order valence-electron chi connectivity index (χ4n) is 5.84. The van der Waals surface area contributed by atoms with Crippen molar-refractivity contribution in [2.75, 3.05) is 19.5 Å². The summed E-state index contributed by atoms with van der Waals surface area (Å²) in [6, 6.07) is 21.1. The number of anilines is 1. The van der Waals surface area contributed by atoms with Crippen molar-refractivity contribution in [1.82, 2.24) is 9.78 Å². The number of aromatic hydroxyl groups is 1. The number of hydrogen-bond donors (Lipinski definition) is 2. The van der Waals surface area contributed by atoms with Gasteiger partial charge in [-0.05, 0) is 67.3 Å². The zero-order valence-corrected chi connectivity index (χ0v) is 23.5. The predicted molar refractivity (Wildman–Crippen MR) is 153 cm³/mol. The van der Waals surface area contributed by atoms with Crippen molar-refractivity contribution in [1.29, 1.82) is 0 Å². The number of aryl methyl sites for hydroxylation is 1. The number of fused-ring (bicyclic) bond motifs is 1. The highest BCUT2D eigenvalue weighted by molar-refractivity contribution is 9.10. The van der Waals surface area contributed by atoms with E-state index < -0.39 is 5.92 Å². The smallest absolute Gasteiger partial charge is 0.162 e. The van der Waals surface area contributed by atoms with Crippen molar-refractivity contribution in [3.8, 4) is 22.9 Å². The van der Waals surface area contributed by atoms with Crippen LogP contribution in [0.1, 0.15) is 47.1 Å². The lowest BCUT2D eigenvalue weighted by Gasteiger charge is -2.36. The number of allylic oxidation sites excluding steroid dienone is 2. The van der Waals surface area contributed by atoms with Gasteiger partial charge in [-0.15, -0.1) is 0 Å². The summed E-state index contributed by atoms with van der Waals surface area (Å²) in [6.07, 6.45) is 0.975. The van der Waals surface area contributed by atoms with Crippen molar-refractivity contribution in [2.45, 2.75) is 31.6 Å². The molecule has 0 bridgehead atoms. The third kappa shape index (κ3) is 4.29. The van der Waals surface area contributed by atoms with Gasteiger partial charge >= 0.3 is 0 Å². The molecule has 1 aromatic heterocycles. The number of carbonyl (C=O) groups excluding carboxylic acids is 1. The number of phenolic OH excluding ortho intramolecular Hbond substituents is 1. The molecule has 7 nitrogen and oxygen atoms in total. The van der Waals surface area contributed by atoms with Crippen LogP contribution >= 0.6 is 15.9 Å². The molecule has 8 heteroatoms. The molecule has 0 saturated heterocycles. The Kier molecular flexibility index (Phi) is 6.43. The van der Waals surface area contributed by atoms with Gasteiger partial charge in [0.15, 0.2) is 17.3 Å². The molecule has 2 N–H and O–H groups in total. The number of halogens is 1. The van der Waals surface area contributed by atoms with Gasteiger partial charge in [0.05, 0.1) is 25.6 Å². The molecule has 0 amide bonds. The summed E-state index contributed by atoms with van der Waals surface area (Å²) >= 11 is 3.56. The topological polar surface area (TPSA) is 85.6 Å². The number of phenols is 1. The minimum atomic E-state index is -0.454. The summed E-state index contributed by atoms with van der Waals surface area (Å²) in [6.45, 7) is 1.95. The molecule has 0 saturated carbocycles. The van der Waals surface area contributed by atoms with Crippen LogP contribution in [-0.2, 0) is 4.79 Å². The number of aromatic nitrogens is 2. The molecule has 3 aromatic carbocycles. The maximum Gasteiger partial charge on any atom is 0.162 e. The zero-order chi connectivity index (χ0) is 27.3. The van der Waals surface area contributed by atoms with E-state index in [4.69, 9.17) is 14.6 Å². The summed E-state index contributed by atoms with van der Waals surface area (Å²) in [4.78, 5) is 14.0. The average molecular weight is 586 g/mol. The second-order valence-corrected chi connectivity index (χ2v) is 10.8. The van der Waals surface area contributed by atoms with Crippen molar-refractivity contribution in [2.24, 2.45) is 0 Å². The van der Waals surface area contributed by atoms with Gasteiger partial charge in [0.25, 0.3) is 0 Å². The third-order valence-electron chi connectivity index (χ3n) is 7.64. The minimum Gasteiger partial charge on any atom is -0.508 e. The summed E-state index contributed by atoms with van der Waals surface area (Å²) in [5, 5.41) is 19.5. The second kappa shape index (κ2) is 9.93. The van der Waals surface area contributed by atoms with Gasteiger partial charge < -0.3 is 19.9 Å². The standard InChI is InChI=1S/C31H28BrN3O4/c1-17-28-29(22-16-20(32)10-11-24(22)36)30-23(33-31(28)35(34-17)21-7-5-4-6-8-21)13-19(14-25(30)37)18-9-12-26(38-2)27(15-18)39-3/h4-12,15-16,19,29,33,36H,13-14H2,1-3H3/t19-,29+/m1/s1. The van der Waals surface area contributed by atoms with Crippen LogP contribution in [0.4, 0.5) is 5.82 Å². The van der Waals surface area contributed by atoms with E-state index in [2.05, 4.69) is 21.2 Å². The average Bonchev–Trinajstić information content (AvgIpc) is 3.29. The van der Waals surface area contributed by atoms with Crippen LogP contribution in [-0.4, -0.2) is 34.9 Å². The molecule has 6 rings (SSSR count). The van der Waals surface area contributed by atoms with Crippen molar-refractivity contribution < 1.29 is 19.4 Å². The van der Waals surface area contributed by atoms with Crippen LogP contribution in [0, 0.1) is 6.92 Å². The number of Topliss-reactive ketones (excluding diaryl/α,β-unsaturated/α-hetero) is 1. The van der Waals surface area contributed by atoms with Gasteiger partial charge in [-0.2, -0.15) is 5.10 Å². The number of rotatable bonds is 5. The van der Waals surface area contributed by atoms with Crippen LogP contribution in [0.5, 0.6) is 17.2 Å². The van der Waals surface area contributed by atoms with Gasteiger partial charge in [-0.1, -0.05) is 40.2 Å². The van der Waals surface area contributed by atoms with Crippen LogP contribution < -0.4 is 14.8 Å². The Morgan fingerprint density at radius 1 is 1.00 bits per heavy atom. The van der Waals surface area contributed by atoms with Gasteiger partial charge in [-0.25, -0.2) is 4.68 Å². The normalized spacial score (nSPS) is 18.3. The summed E-state index contributed by atoms with van der Waals surface area (Å²) in [5.41, 5.74) is 5.82. The number of para-hydroxylation sites is 1. The van der Waals surface area contributed by atoms with Crippen molar-refractivity contribution in [3.63, 3.8) is 0 Å². The lowest BCUT2D eigenvalue weighted by atomic mass is 9.72. The van der Waals surface area contributed by atoms with Crippen LogP contribution in [0.2, 0.25) is 0 Å². The molecule has 4 aromatic rings. The van der Waals surface area contributed by atoms with E-state index in [9.17, 15) is 9.90 Å². The lowest BCUT2D eigenvalue weighted by molar-refractivity contribution is -0.116. The first-order chi connectivity index (χ1) is 18.9. The Morgan fingerprint density at radius 2 is 1.77 bits per heavy atom. The molecule has 39 heavy (non-hydrogen) atoms. The lowest BCUT2D eigenvalue weighted by Crippen LogP contribution is -2.30. The van der Waals surface area contributed by atoms with E-state index in [1.54, 1.807) is 26.4 Å². The molecule has 1 aliphatic carbocycles. The zero-order valence-electron chi connectivity index (χ0n) is 21.9. The molecule has 0 spiro atoms. The van der Waals surface area contributed by atoms with Crippen LogP contribution in [0.25, 0.3) is 5.69 Å². The molecule has 1 aliphatic heterocycles. The molecule has 0 radical (unpaired) electrons. The van der Waals surface area contributed by atoms with Gasteiger partial charge in [-0.3, -0.25) is 4.79 Å². The molecule has 0 unspecified atom stereocenters. The minimum absolute atomic E-state index is 0.0453. The highest BCUT2D eigenvalue weighted by Gasteiger charge is 2.42. The number of hydrogen-bond acceptors (Lipinski definition) is 6. The van der Waals surface area contributed by atoms with E-state index >= 15 is 0 Å². The molecule has 2 aliphatic rings. The van der Waals surface area contributed by atoms with Crippen LogP contribution in [0.3, 0.4) is 0 Å². The molecule has 2 atom stereocenters. The largest absolute Gasteiger partial charge is 0.508 e. The number of benzene rings is 3.